The van der Waals surface area contributed by atoms with Crippen LogP contribution in [-0.4, -0.2) is 59.4 Å². The summed E-state index contributed by atoms with van der Waals surface area (Å²) in [6.45, 7) is 23.3. The van der Waals surface area contributed by atoms with Crippen LogP contribution in [0.4, 0.5) is 5.69 Å². The Morgan fingerprint density at radius 3 is 1.96 bits per heavy atom. The second kappa shape index (κ2) is 18.1. The molecule has 0 saturated carbocycles. The van der Waals surface area contributed by atoms with Gasteiger partial charge in [-0.05, 0) is 111 Å². The molecule has 0 atom stereocenters. The fourth-order valence-corrected chi connectivity index (χ4v) is 7.50. The van der Waals surface area contributed by atoms with Gasteiger partial charge in [-0.2, -0.15) is 0 Å². The van der Waals surface area contributed by atoms with E-state index in [1.165, 1.54) is 75.8 Å². The fraction of sp³-hybridized carbons (Fsp3) is 0.488. The van der Waals surface area contributed by atoms with Crippen molar-refractivity contribution in [3.63, 3.8) is 0 Å². The Morgan fingerprint density at radius 1 is 0.837 bits per heavy atom. The molecule has 49 heavy (non-hydrogen) atoms. The van der Waals surface area contributed by atoms with E-state index >= 15 is 0 Å². The Balaban J connectivity index is 0.000000743. The lowest BCUT2D eigenvalue weighted by molar-refractivity contribution is -0.881. The average molecular weight is 709 g/mol. The van der Waals surface area contributed by atoms with E-state index in [2.05, 4.69) is 148 Å². The van der Waals surface area contributed by atoms with Crippen LogP contribution in [0, 0.1) is 0 Å². The summed E-state index contributed by atoms with van der Waals surface area (Å²) in [5.41, 5.74) is 17.6. The number of quaternary nitrogens is 1. The lowest BCUT2D eigenvalue weighted by Crippen LogP contribution is -2.45. The predicted octanol–water partition coefficient (Wildman–Crippen LogP) is 10.9. The smallest absolute Gasteiger partial charge is 0.104 e. The van der Waals surface area contributed by atoms with Gasteiger partial charge in [0.25, 0.3) is 0 Å². The summed E-state index contributed by atoms with van der Waals surface area (Å²) < 4.78 is 0.929. The van der Waals surface area contributed by atoms with Crippen LogP contribution in [0.5, 0.6) is 0 Å². The zero-order valence-corrected chi connectivity index (χ0v) is 34.5. The van der Waals surface area contributed by atoms with E-state index in [4.69, 9.17) is 23.2 Å². The number of hydrogen-bond donors (Lipinski definition) is 2. The molecule has 0 spiro atoms. The molecular weight excluding hydrogens is 643 g/mol. The lowest BCUT2D eigenvalue weighted by Gasteiger charge is -2.36. The number of hydrogen-bond acceptors (Lipinski definition) is 3. The predicted molar refractivity (Wildman–Crippen MR) is 220 cm³/mol. The first-order valence-corrected chi connectivity index (χ1v) is 18.6. The fourth-order valence-electron chi connectivity index (χ4n) is 7.15. The van der Waals surface area contributed by atoms with Gasteiger partial charge in [0, 0.05) is 50.5 Å². The number of nitrogens with two attached hydrogens (primary N) is 1. The van der Waals surface area contributed by atoms with E-state index in [1.807, 2.05) is 19.2 Å². The van der Waals surface area contributed by atoms with Gasteiger partial charge in [0.1, 0.15) is 13.1 Å². The van der Waals surface area contributed by atoms with Crippen molar-refractivity contribution in [3.8, 4) is 0 Å². The van der Waals surface area contributed by atoms with Gasteiger partial charge in [-0.3, -0.25) is 0 Å². The zero-order valence-electron chi connectivity index (χ0n) is 33.0. The maximum Gasteiger partial charge on any atom is 0.104 e. The van der Waals surface area contributed by atoms with Crippen LogP contribution in [0.2, 0.25) is 10.0 Å². The van der Waals surface area contributed by atoms with Crippen LogP contribution in [0.15, 0.2) is 88.7 Å². The van der Waals surface area contributed by atoms with Gasteiger partial charge in [-0.1, -0.05) is 102 Å². The van der Waals surface area contributed by atoms with Crippen molar-refractivity contribution < 1.29 is 4.48 Å². The summed E-state index contributed by atoms with van der Waals surface area (Å²) in [6.07, 6.45) is 11.9. The summed E-state index contributed by atoms with van der Waals surface area (Å²) in [4.78, 5) is 2.31. The number of likely N-dealkylation sites (N-methyl/N-ethyl adjacent to an activating group) is 2. The number of fused-ring (bicyclic) bond motifs is 2. The summed E-state index contributed by atoms with van der Waals surface area (Å²) in [5.74, 6) is 0. The Bertz CT molecular complexity index is 1600. The standard InChI is InChI=1S/C35H41Cl2N2.C4H11N.C3H8.CH5N/c1-22-24(10-15-29-23(2)28-14-12-26(36)18-30(28)34(29,3)4)20-39(8,9)21-25(22)11-17-33-35(5,6)31-19-27(37)13-16-32(31)38(33)7;1-3-4-5-2;1-3-2;1-2/h10-19H,20-21H2,1-9H3;5H,3-4H2,1-2H3;3H2,1-2H3;2H2,1H3/q+1;;;/b15-10+,25-11+,33-17+;;;. The number of allylic oxidation sites excluding steroid dienone is 6. The van der Waals surface area contributed by atoms with E-state index in [1.54, 1.807) is 0 Å². The van der Waals surface area contributed by atoms with Crippen LogP contribution >= 0.6 is 23.2 Å². The zero-order chi connectivity index (χ0) is 37.3. The molecule has 1 aliphatic carbocycles. The highest BCUT2D eigenvalue weighted by Crippen LogP contribution is 2.49. The van der Waals surface area contributed by atoms with Crippen molar-refractivity contribution in [2.45, 2.75) is 86.0 Å². The van der Waals surface area contributed by atoms with E-state index in [9.17, 15) is 0 Å². The van der Waals surface area contributed by atoms with Crippen LogP contribution in [-0.2, 0) is 10.8 Å². The van der Waals surface area contributed by atoms with E-state index < -0.39 is 0 Å². The van der Waals surface area contributed by atoms with E-state index in [0.717, 1.165) is 34.2 Å². The Labute approximate surface area is 310 Å². The molecule has 0 radical (unpaired) electrons. The van der Waals surface area contributed by atoms with Gasteiger partial charge in [0.2, 0.25) is 0 Å². The first-order valence-electron chi connectivity index (χ1n) is 17.9. The first-order chi connectivity index (χ1) is 23.0. The second-order valence-corrected chi connectivity index (χ2v) is 15.9. The van der Waals surface area contributed by atoms with Gasteiger partial charge < -0.3 is 20.4 Å². The molecule has 270 valence electrons. The summed E-state index contributed by atoms with van der Waals surface area (Å²) in [5, 5.41) is 4.61. The number of halogens is 2. The number of nitrogens with one attached hydrogen (secondary N) is 1. The molecule has 2 aliphatic heterocycles. The third kappa shape index (κ3) is 9.80. The SMILES string of the molecule is CC1=C(/C=C/C2=C(C)c3ccc(Cl)cc3C2(C)C)C[N+](C)(C)C/C1=C\C=C1\N(C)c2ccc(Cl)cc2C1(C)C.CCC.CCCNC.CN. The minimum atomic E-state index is -0.110. The van der Waals surface area contributed by atoms with Gasteiger partial charge in [0.15, 0.2) is 0 Å². The minimum Gasteiger partial charge on any atom is -0.347 e. The molecule has 2 heterocycles. The van der Waals surface area contributed by atoms with Crippen molar-refractivity contribution in [1.29, 1.82) is 0 Å². The topological polar surface area (TPSA) is 41.3 Å². The highest BCUT2D eigenvalue weighted by molar-refractivity contribution is 6.31. The van der Waals surface area contributed by atoms with Crippen molar-refractivity contribution in [1.82, 2.24) is 5.32 Å². The summed E-state index contributed by atoms with van der Waals surface area (Å²) in [6, 6.07) is 12.5. The quantitative estimate of drug-likeness (QED) is 0.304. The maximum atomic E-state index is 6.38. The summed E-state index contributed by atoms with van der Waals surface area (Å²) >= 11 is 12.8. The van der Waals surface area contributed by atoms with E-state index in [-0.39, 0.29) is 10.8 Å². The molecule has 2 aromatic rings. The molecule has 0 amide bonds. The van der Waals surface area contributed by atoms with Gasteiger partial charge in [-0.15, -0.1) is 0 Å². The molecule has 0 aromatic heterocycles. The molecule has 4 nitrogen and oxygen atoms in total. The molecule has 0 fully saturated rings. The summed E-state index contributed by atoms with van der Waals surface area (Å²) in [7, 11) is 10.3. The third-order valence-electron chi connectivity index (χ3n) is 9.68. The maximum absolute atomic E-state index is 6.38. The molecule has 0 bridgehead atoms. The molecule has 3 N–H and O–H groups in total. The first kappa shape index (κ1) is 42.6. The van der Waals surface area contributed by atoms with Crippen molar-refractivity contribution in [3.05, 3.63) is 115 Å². The molecule has 5 rings (SSSR count). The van der Waals surface area contributed by atoms with E-state index in [0.29, 0.717) is 0 Å². The number of anilines is 1. The molecule has 2 aromatic carbocycles. The van der Waals surface area contributed by atoms with Gasteiger partial charge in [-0.25, -0.2) is 0 Å². The second-order valence-electron chi connectivity index (χ2n) is 15.0. The van der Waals surface area contributed by atoms with Crippen LogP contribution in [0.25, 0.3) is 5.57 Å². The van der Waals surface area contributed by atoms with Crippen LogP contribution in [0.3, 0.4) is 0 Å². The molecule has 3 aliphatic rings. The van der Waals surface area contributed by atoms with Crippen LogP contribution in [0.1, 0.15) is 91.8 Å². The monoisotopic (exact) mass is 707 g/mol. The number of nitrogens with zero attached hydrogens (tertiary/aromatic N) is 2. The van der Waals surface area contributed by atoms with Crippen molar-refractivity contribution >= 4 is 34.5 Å². The molecule has 0 saturated heterocycles. The number of benzene rings is 2. The molecular formula is C43H65Cl2N4+. The third-order valence-corrected chi connectivity index (χ3v) is 10.2. The molecule has 0 unspecified atom stereocenters. The average Bonchev–Trinajstić information content (AvgIpc) is 3.34. The Hall–Kier alpha value is -2.60. The van der Waals surface area contributed by atoms with Crippen molar-refractivity contribution in [2.24, 2.45) is 5.73 Å². The highest BCUT2D eigenvalue weighted by Gasteiger charge is 2.39. The number of rotatable bonds is 5. The van der Waals surface area contributed by atoms with Crippen molar-refractivity contribution in [2.75, 3.05) is 59.8 Å². The Kier molecular flexibility index (Phi) is 15.7. The normalized spacial score (nSPS) is 20.0. The Morgan fingerprint density at radius 2 is 1.41 bits per heavy atom. The molecule has 6 heteroatoms. The lowest BCUT2D eigenvalue weighted by atomic mass is 9.80. The van der Waals surface area contributed by atoms with Gasteiger partial charge >= 0.3 is 0 Å². The van der Waals surface area contributed by atoms with Gasteiger partial charge in [0.05, 0.1) is 14.1 Å². The minimum absolute atomic E-state index is 0.0754. The largest absolute Gasteiger partial charge is 0.347 e. The van der Waals surface area contributed by atoms with Crippen LogP contribution < -0.4 is 16.0 Å². The highest BCUT2D eigenvalue weighted by atomic mass is 35.5.